The molecule has 0 spiro atoms. The molecule has 26 heavy (non-hydrogen) atoms. The van der Waals surface area contributed by atoms with Crippen LogP contribution < -0.4 is 5.32 Å². The predicted octanol–water partition coefficient (Wildman–Crippen LogP) is 1.75. The number of carbonyl (C=O) groups is 1. The first-order chi connectivity index (χ1) is 12.8. The van der Waals surface area contributed by atoms with Crippen molar-refractivity contribution in [3.05, 3.63) is 47.5 Å². The van der Waals surface area contributed by atoms with Gasteiger partial charge in [-0.25, -0.2) is 4.79 Å². The highest BCUT2D eigenvalue weighted by Crippen LogP contribution is 2.14. The Kier molecular flexibility index (Phi) is 6.60. The van der Waals surface area contributed by atoms with Gasteiger partial charge in [-0.1, -0.05) is 36.8 Å². The van der Waals surface area contributed by atoms with Gasteiger partial charge in [-0.3, -0.25) is 0 Å². The lowest BCUT2D eigenvalue weighted by molar-refractivity contribution is 0.174. The lowest BCUT2D eigenvalue weighted by Gasteiger charge is -2.22. The van der Waals surface area contributed by atoms with Crippen molar-refractivity contribution in [3.8, 4) is 0 Å². The van der Waals surface area contributed by atoms with Crippen LogP contribution in [0.15, 0.2) is 30.3 Å². The van der Waals surface area contributed by atoms with E-state index in [0.717, 1.165) is 36.6 Å². The van der Waals surface area contributed by atoms with Gasteiger partial charge in [0.25, 0.3) is 0 Å². The zero-order valence-corrected chi connectivity index (χ0v) is 15.1. The number of aliphatic hydroxyl groups is 1. The van der Waals surface area contributed by atoms with E-state index in [2.05, 4.69) is 20.1 Å². The summed E-state index contributed by atoms with van der Waals surface area (Å²) in [6.07, 6.45) is 5.21. The summed E-state index contributed by atoms with van der Waals surface area (Å²) in [5.74, 6) is 2.01. The third-order valence-electron chi connectivity index (χ3n) is 4.68. The fourth-order valence-corrected chi connectivity index (χ4v) is 3.30. The number of fused-ring (bicyclic) bond motifs is 1. The van der Waals surface area contributed by atoms with Gasteiger partial charge >= 0.3 is 6.03 Å². The van der Waals surface area contributed by atoms with E-state index >= 15 is 0 Å². The zero-order valence-electron chi connectivity index (χ0n) is 15.1. The van der Waals surface area contributed by atoms with Gasteiger partial charge in [0, 0.05) is 39.0 Å². The molecule has 0 fully saturated rings. The first-order valence-corrected chi connectivity index (χ1v) is 9.36. The standard InChI is InChI=1S/C19H27N5O2/c25-14-13-23(15-16-7-3-1-4-8-16)19(26)20-11-10-18-22-21-17-9-5-2-6-12-24(17)18/h1,3-4,7-8,25H,2,5-6,9-15H2,(H,20,26). The molecule has 0 saturated carbocycles. The number of amides is 2. The van der Waals surface area contributed by atoms with Crippen LogP contribution in [0.4, 0.5) is 4.79 Å². The van der Waals surface area contributed by atoms with E-state index in [9.17, 15) is 9.90 Å². The molecule has 7 heteroatoms. The molecule has 2 heterocycles. The fourth-order valence-electron chi connectivity index (χ4n) is 3.30. The summed E-state index contributed by atoms with van der Waals surface area (Å²) in [7, 11) is 0. The molecule has 2 aromatic rings. The van der Waals surface area contributed by atoms with Gasteiger partial charge in [-0.05, 0) is 18.4 Å². The summed E-state index contributed by atoms with van der Waals surface area (Å²) in [6, 6.07) is 9.62. The highest BCUT2D eigenvalue weighted by atomic mass is 16.3. The van der Waals surface area contributed by atoms with Gasteiger partial charge in [0.2, 0.25) is 0 Å². The first kappa shape index (κ1) is 18.4. The molecule has 0 radical (unpaired) electrons. The number of nitrogens with one attached hydrogen (secondary N) is 1. The highest BCUT2D eigenvalue weighted by Gasteiger charge is 2.16. The van der Waals surface area contributed by atoms with Crippen LogP contribution >= 0.6 is 0 Å². The van der Waals surface area contributed by atoms with Gasteiger partial charge in [0.1, 0.15) is 11.6 Å². The van der Waals surface area contributed by atoms with E-state index in [0.29, 0.717) is 26.1 Å². The van der Waals surface area contributed by atoms with Crippen LogP contribution in [0.3, 0.4) is 0 Å². The lowest BCUT2D eigenvalue weighted by Crippen LogP contribution is -2.41. The molecule has 1 aromatic heterocycles. The average Bonchev–Trinajstić information content (AvgIpc) is 2.88. The van der Waals surface area contributed by atoms with E-state index in [1.807, 2.05) is 30.3 Å². The zero-order chi connectivity index (χ0) is 18.2. The number of hydrogen-bond donors (Lipinski definition) is 2. The molecule has 2 N–H and O–H groups in total. The summed E-state index contributed by atoms with van der Waals surface area (Å²) in [5.41, 5.74) is 1.04. The molecule has 1 aromatic carbocycles. The third kappa shape index (κ3) is 4.82. The number of urea groups is 1. The van der Waals surface area contributed by atoms with E-state index in [4.69, 9.17) is 0 Å². The maximum Gasteiger partial charge on any atom is 0.317 e. The topological polar surface area (TPSA) is 83.3 Å². The number of benzene rings is 1. The minimum atomic E-state index is -0.168. The summed E-state index contributed by atoms with van der Waals surface area (Å²) < 4.78 is 2.20. The molecular weight excluding hydrogens is 330 g/mol. The maximum atomic E-state index is 12.5. The number of aliphatic hydroxyl groups excluding tert-OH is 1. The maximum absolute atomic E-state index is 12.5. The Morgan fingerprint density at radius 1 is 1.19 bits per heavy atom. The summed E-state index contributed by atoms with van der Waals surface area (Å²) in [6.45, 7) is 2.20. The van der Waals surface area contributed by atoms with E-state index in [-0.39, 0.29) is 12.6 Å². The summed E-state index contributed by atoms with van der Waals surface area (Å²) in [4.78, 5) is 14.1. The molecular formula is C19H27N5O2. The number of carbonyl (C=O) groups excluding carboxylic acids is 1. The molecule has 0 saturated heterocycles. The second-order valence-electron chi connectivity index (χ2n) is 6.61. The normalized spacial score (nSPS) is 13.7. The second-order valence-corrected chi connectivity index (χ2v) is 6.61. The number of aromatic nitrogens is 3. The SMILES string of the molecule is O=C(NCCc1nnc2n1CCCCC2)N(CCO)Cc1ccccc1. The summed E-state index contributed by atoms with van der Waals surface area (Å²) >= 11 is 0. The Balaban J connectivity index is 1.53. The Morgan fingerprint density at radius 2 is 2.04 bits per heavy atom. The Labute approximate surface area is 154 Å². The largest absolute Gasteiger partial charge is 0.395 e. The smallest absolute Gasteiger partial charge is 0.317 e. The average molecular weight is 357 g/mol. The van der Waals surface area contributed by atoms with Crippen LogP contribution in [0.1, 0.15) is 36.5 Å². The van der Waals surface area contributed by atoms with Gasteiger partial charge < -0.3 is 19.9 Å². The molecule has 3 rings (SSSR count). The van der Waals surface area contributed by atoms with Crippen molar-refractivity contribution in [1.29, 1.82) is 0 Å². The van der Waals surface area contributed by atoms with Crippen molar-refractivity contribution in [2.45, 2.75) is 45.2 Å². The molecule has 0 aliphatic carbocycles. The molecule has 7 nitrogen and oxygen atoms in total. The minimum absolute atomic E-state index is 0.0576. The quantitative estimate of drug-likeness (QED) is 0.791. The molecule has 1 aliphatic heterocycles. The monoisotopic (exact) mass is 357 g/mol. The fraction of sp³-hybridized carbons (Fsp3) is 0.526. The Morgan fingerprint density at radius 3 is 2.85 bits per heavy atom. The molecule has 0 bridgehead atoms. The van der Waals surface area contributed by atoms with Gasteiger partial charge in [-0.2, -0.15) is 0 Å². The second kappa shape index (κ2) is 9.33. The van der Waals surface area contributed by atoms with E-state index in [1.54, 1.807) is 4.90 Å². The lowest BCUT2D eigenvalue weighted by atomic mass is 10.2. The Hall–Kier alpha value is -2.41. The Bertz CT molecular complexity index is 701. The van der Waals surface area contributed by atoms with Crippen LogP contribution in [0.2, 0.25) is 0 Å². The van der Waals surface area contributed by atoms with Crippen LogP contribution in [0, 0.1) is 0 Å². The number of nitrogens with zero attached hydrogens (tertiary/aromatic N) is 4. The van der Waals surface area contributed by atoms with Crippen molar-refractivity contribution >= 4 is 6.03 Å². The third-order valence-corrected chi connectivity index (χ3v) is 4.68. The number of aryl methyl sites for hydroxylation is 1. The van der Waals surface area contributed by atoms with Crippen molar-refractivity contribution in [2.75, 3.05) is 19.7 Å². The van der Waals surface area contributed by atoms with Crippen LogP contribution in [0.25, 0.3) is 0 Å². The van der Waals surface area contributed by atoms with Gasteiger partial charge in [0.05, 0.1) is 6.61 Å². The molecule has 140 valence electrons. The molecule has 0 unspecified atom stereocenters. The number of rotatable bonds is 7. The molecule has 0 atom stereocenters. The van der Waals surface area contributed by atoms with Gasteiger partial charge in [0.15, 0.2) is 0 Å². The van der Waals surface area contributed by atoms with Crippen LogP contribution in [-0.4, -0.2) is 50.5 Å². The van der Waals surface area contributed by atoms with E-state index < -0.39 is 0 Å². The number of hydrogen-bond acceptors (Lipinski definition) is 4. The minimum Gasteiger partial charge on any atom is -0.395 e. The molecule has 2 amide bonds. The van der Waals surface area contributed by atoms with Crippen molar-refractivity contribution in [1.82, 2.24) is 25.0 Å². The van der Waals surface area contributed by atoms with E-state index in [1.165, 1.54) is 12.8 Å². The summed E-state index contributed by atoms with van der Waals surface area (Å²) in [5, 5.41) is 20.8. The van der Waals surface area contributed by atoms with Crippen molar-refractivity contribution < 1.29 is 9.90 Å². The van der Waals surface area contributed by atoms with Crippen LogP contribution in [-0.2, 0) is 25.9 Å². The molecule has 1 aliphatic rings. The highest BCUT2D eigenvalue weighted by molar-refractivity contribution is 5.74. The van der Waals surface area contributed by atoms with Crippen molar-refractivity contribution in [2.24, 2.45) is 0 Å². The first-order valence-electron chi connectivity index (χ1n) is 9.36. The van der Waals surface area contributed by atoms with Gasteiger partial charge in [-0.15, -0.1) is 10.2 Å². The predicted molar refractivity (Wildman–Crippen MR) is 98.6 cm³/mol. The van der Waals surface area contributed by atoms with Crippen LogP contribution in [0.5, 0.6) is 0 Å². The van der Waals surface area contributed by atoms with Crippen molar-refractivity contribution in [3.63, 3.8) is 0 Å².